The van der Waals surface area contributed by atoms with Crippen LogP contribution in [0.4, 0.5) is 0 Å². The number of benzene rings is 2. The van der Waals surface area contributed by atoms with Crippen LogP contribution < -0.4 is 14.9 Å². The Morgan fingerprint density at radius 2 is 1.39 bits per heavy atom. The zero-order valence-corrected chi connectivity index (χ0v) is 20.8. The number of aliphatic hydroxyl groups is 1. The van der Waals surface area contributed by atoms with Crippen molar-refractivity contribution in [1.82, 2.24) is 0 Å². The van der Waals surface area contributed by atoms with Crippen LogP contribution in [0, 0.1) is 0 Å². The van der Waals surface area contributed by atoms with Crippen LogP contribution in [0.5, 0.6) is 28.7 Å². The maximum atomic E-state index is 12.6. The number of phenols is 3. The summed E-state index contributed by atoms with van der Waals surface area (Å²) < 4.78 is 16.7. The van der Waals surface area contributed by atoms with Crippen molar-refractivity contribution in [3.63, 3.8) is 0 Å². The van der Waals surface area contributed by atoms with Gasteiger partial charge >= 0.3 is 0 Å². The lowest BCUT2D eigenvalue weighted by Crippen LogP contribution is -2.02. The van der Waals surface area contributed by atoms with E-state index in [1.165, 1.54) is 63.5 Å². The van der Waals surface area contributed by atoms with Crippen LogP contribution in [0.2, 0.25) is 0 Å². The van der Waals surface area contributed by atoms with E-state index in [9.17, 15) is 20.1 Å². The predicted molar refractivity (Wildman–Crippen MR) is 138 cm³/mol. The molecule has 4 N–H and O–H groups in total. The van der Waals surface area contributed by atoms with Gasteiger partial charge in [-0.05, 0) is 18.9 Å². The molecule has 0 bridgehead atoms. The highest BCUT2D eigenvalue weighted by Crippen LogP contribution is 2.40. The predicted octanol–water partition coefficient (Wildman–Crippen LogP) is 5.86. The molecular weight excluding hydrogens is 464 g/mol. The van der Waals surface area contributed by atoms with Crippen LogP contribution in [0.1, 0.15) is 64.2 Å². The van der Waals surface area contributed by atoms with Crippen LogP contribution in [0.3, 0.4) is 0 Å². The summed E-state index contributed by atoms with van der Waals surface area (Å²) in [6.45, 7) is 0.692. The third kappa shape index (κ3) is 7.31. The number of hydrogen-bond donors (Lipinski definition) is 4. The van der Waals surface area contributed by atoms with Crippen molar-refractivity contribution in [2.75, 3.05) is 20.3 Å². The molecule has 0 spiro atoms. The van der Waals surface area contributed by atoms with Crippen molar-refractivity contribution in [1.29, 1.82) is 0 Å². The first-order chi connectivity index (χ1) is 17.4. The third-order valence-electron chi connectivity index (χ3n) is 6.17. The minimum absolute atomic E-state index is 0.0102. The number of unbranched alkanes of at least 4 members (excludes halogenated alkanes) is 9. The van der Waals surface area contributed by atoms with E-state index in [0.717, 1.165) is 38.2 Å². The third-order valence-corrected chi connectivity index (χ3v) is 6.17. The van der Waals surface area contributed by atoms with Gasteiger partial charge in [0.2, 0.25) is 0 Å². The molecule has 0 amide bonds. The van der Waals surface area contributed by atoms with E-state index in [0.29, 0.717) is 12.4 Å². The topological polar surface area (TPSA) is 130 Å². The molecule has 196 valence electrons. The number of ether oxygens (including phenoxy) is 2. The first kappa shape index (κ1) is 27.2. The van der Waals surface area contributed by atoms with Crippen molar-refractivity contribution in [2.45, 2.75) is 64.2 Å². The first-order valence-electron chi connectivity index (χ1n) is 12.6. The Balaban J connectivity index is 1.57. The molecule has 36 heavy (non-hydrogen) atoms. The van der Waals surface area contributed by atoms with E-state index >= 15 is 0 Å². The molecule has 0 saturated heterocycles. The van der Waals surface area contributed by atoms with E-state index in [4.69, 9.17) is 19.0 Å². The monoisotopic (exact) mass is 500 g/mol. The van der Waals surface area contributed by atoms with Gasteiger partial charge in [-0.15, -0.1) is 0 Å². The average Bonchev–Trinajstić information content (AvgIpc) is 2.85. The fraction of sp³-hybridized carbons (Fsp3) is 0.464. The molecule has 0 atom stereocenters. The van der Waals surface area contributed by atoms with Crippen LogP contribution in [-0.2, 0) is 0 Å². The number of aromatic hydroxyl groups is 3. The number of rotatable bonds is 15. The Kier molecular flexibility index (Phi) is 10.3. The van der Waals surface area contributed by atoms with E-state index in [2.05, 4.69) is 0 Å². The maximum Gasteiger partial charge on any atom is 0.197 e. The van der Waals surface area contributed by atoms with Crippen molar-refractivity contribution < 1.29 is 34.3 Å². The Labute approximate surface area is 210 Å². The second-order valence-corrected chi connectivity index (χ2v) is 8.94. The fourth-order valence-corrected chi connectivity index (χ4v) is 4.17. The molecule has 0 fully saturated rings. The molecule has 0 saturated carbocycles. The molecule has 3 rings (SSSR count). The molecule has 3 aromatic rings. The van der Waals surface area contributed by atoms with Gasteiger partial charge in [-0.3, -0.25) is 4.79 Å². The quantitative estimate of drug-likeness (QED) is 0.191. The Morgan fingerprint density at radius 1 is 0.750 bits per heavy atom. The smallest absolute Gasteiger partial charge is 0.197 e. The second kappa shape index (κ2) is 13.6. The Bertz CT molecular complexity index is 1180. The van der Waals surface area contributed by atoms with E-state index in [1.54, 1.807) is 0 Å². The van der Waals surface area contributed by atoms with Crippen molar-refractivity contribution in [3.05, 3.63) is 40.6 Å². The molecule has 8 heteroatoms. The molecule has 8 nitrogen and oxygen atoms in total. The van der Waals surface area contributed by atoms with Gasteiger partial charge in [0.1, 0.15) is 34.0 Å². The largest absolute Gasteiger partial charge is 0.507 e. The molecule has 0 aliphatic heterocycles. The lowest BCUT2D eigenvalue weighted by Gasteiger charge is -2.12. The molecular formula is C28H36O8. The first-order valence-corrected chi connectivity index (χ1v) is 12.6. The van der Waals surface area contributed by atoms with Gasteiger partial charge in [-0.2, -0.15) is 0 Å². The lowest BCUT2D eigenvalue weighted by molar-refractivity contribution is 0.282. The van der Waals surface area contributed by atoms with E-state index in [1.807, 2.05) is 0 Å². The number of hydrogen-bond acceptors (Lipinski definition) is 8. The van der Waals surface area contributed by atoms with Gasteiger partial charge in [-0.25, -0.2) is 0 Å². The zero-order valence-electron chi connectivity index (χ0n) is 20.8. The van der Waals surface area contributed by atoms with Crippen LogP contribution in [0.25, 0.3) is 22.3 Å². The fourth-order valence-electron chi connectivity index (χ4n) is 4.17. The standard InChI is InChI=1S/C28H36O8/c1-34-19-14-23(32)28-24(33)18-25(36-27(28)15-19)20-16-26(22(31)17-21(20)30)35-13-11-9-7-5-3-2-4-6-8-10-12-29/h14-18,29-32H,2-13H2,1H3. The number of fused-ring (bicyclic) bond motifs is 1. The molecule has 1 heterocycles. The van der Waals surface area contributed by atoms with Crippen LogP contribution >= 0.6 is 0 Å². The second-order valence-electron chi connectivity index (χ2n) is 8.94. The molecule has 1 aromatic heterocycles. The summed E-state index contributed by atoms with van der Waals surface area (Å²) >= 11 is 0. The van der Waals surface area contributed by atoms with Gasteiger partial charge < -0.3 is 34.3 Å². The van der Waals surface area contributed by atoms with Crippen molar-refractivity contribution in [2.24, 2.45) is 0 Å². The Hall–Kier alpha value is -3.39. The molecule has 0 aliphatic rings. The summed E-state index contributed by atoms with van der Waals surface area (Å²) in [4.78, 5) is 12.6. The van der Waals surface area contributed by atoms with Gasteiger partial charge in [-0.1, -0.05) is 51.4 Å². The van der Waals surface area contributed by atoms with Crippen LogP contribution in [0.15, 0.2) is 39.5 Å². The summed E-state index contributed by atoms with van der Waals surface area (Å²) in [5, 5.41) is 39.6. The number of phenolic OH excluding ortho intramolecular Hbond substituents is 3. The zero-order chi connectivity index (χ0) is 25.9. The lowest BCUT2D eigenvalue weighted by atomic mass is 10.1. The number of aliphatic hydroxyl groups excluding tert-OH is 1. The summed E-state index contributed by atoms with van der Waals surface area (Å²) in [5.74, 6) is -0.176. The molecule has 0 aliphatic carbocycles. The van der Waals surface area contributed by atoms with E-state index in [-0.39, 0.29) is 51.9 Å². The van der Waals surface area contributed by atoms with Gasteiger partial charge in [0.05, 0.1) is 19.3 Å². The average molecular weight is 501 g/mol. The highest BCUT2D eigenvalue weighted by Gasteiger charge is 2.17. The number of methoxy groups -OCH3 is 1. The summed E-state index contributed by atoms with van der Waals surface area (Å²) in [6, 6.07) is 6.57. The highest BCUT2D eigenvalue weighted by atomic mass is 16.5. The Morgan fingerprint density at radius 3 is 2.03 bits per heavy atom. The van der Waals surface area contributed by atoms with Gasteiger partial charge in [0.25, 0.3) is 0 Å². The maximum absolute atomic E-state index is 12.6. The van der Waals surface area contributed by atoms with Crippen molar-refractivity contribution >= 4 is 11.0 Å². The normalized spacial score (nSPS) is 11.2. The molecule has 0 unspecified atom stereocenters. The van der Waals surface area contributed by atoms with Crippen molar-refractivity contribution in [3.8, 4) is 40.1 Å². The van der Waals surface area contributed by atoms with Crippen LogP contribution in [-0.4, -0.2) is 40.7 Å². The van der Waals surface area contributed by atoms with E-state index < -0.39 is 5.43 Å². The minimum Gasteiger partial charge on any atom is -0.507 e. The summed E-state index contributed by atoms with van der Waals surface area (Å²) in [5.41, 5.74) is -0.191. The summed E-state index contributed by atoms with van der Waals surface area (Å²) in [7, 11) is 1.43. The highest BCUT2D eigenvalue weighted by molar-refractivity contribution is 5.86. The molecule has 2 aromatic carbocycles. The molecule has 0 radical (unpaired) electrons. The summed E-state index contributed by atoms with van der Waals surface area (Å²) in [6.07, 6.45) is 11.0. The SMILES string of the molecule is COc1cc(O)c2c(=O)cc(-c3cc(OCCCCCCCCCCCCO)c(O)cc3O)oc2c1. The minimum atomic E-state index is -0.480. The van der Waals surface area contributed by atoms with Gasteiger partial charge in [0.15, 0.2) is 16.9 Å². The van der Waals surface area contributed by atoms with Gasteiger partial charge in [0, 0.05) is 30.9 Å².